The first-order chi connectivity index (χ1) is 10.4. The topological polar surface area (TPSA) is 6.48 Å². The second-order valence-corrected chi connectivity index (χ2v) is 13.6. The molecular weight excluding hydrogens is 402 g/mol. The third-order valence-corrected chi connectivity index (χ3v) is 13.2. The van der Waals surface area contributed by atoms with E-state index >= 15 is 0 Å². The minimum absolute atomic E-state index is 0.549. The number of nitrogens with zero attached hydrogens (tertiary/aromatic N) is 2. The van der Waals surface area contributed by atoms with Gasteiger partial charge in [-0.25, -0.2) is 0 Å². The summed E-state index contributed by atoms with van der Waals surface area (Å²) < 4.78 is 0. The average molecular weight is 430 g/mol. The summed E-state index contributed by atoms with van der Waals surface area (Å²) in [6.45, 7) is 4.65. The molecule has 2 nitrogen and oxygen atoms in total. The monoisotopic (exact) mass is 432 g/mol. The van der Waals surface area contributed by atoms with E-state index in [1.807, 2.05) is 0 Å². The first kappa shape index (κ1) is 18.3. The molecule has 2 aliphatic carbocycles. The predicted octanol–water partition coefficient (Wildman–Crippen LogP) is 2.78. The molecule has 0 fully saturated rings. The minimum atomic E-state index is 0.549. The van der Waals surface area contributed by atoms with Gasteiger partial charge in [0.2, 0.25) is 0 Å². The molecule has 4 atom stereocenters. The molecule has 2 aliphatic rings. The van der Waals surface area contributed by atoms with Gasteiger partial charge in [-0.05, 0) is 0 Å². The Hall–Kier alpha value is -0.0810. The van der Waals surface area contributed by atoms with Crippen molar-refractivity contribution in [2.45, 2.75) is 35.6 Å². The van der Waals surface area contributed by atoms with Crippen molar-refractivity contribution in [3.8, 4) is 0 Å². The Labute approximate surface area is 147 Å². The summed E-state index contributed by atoms with van der Waals surface area (Å²) in [5, 5.41) is 0. The summed E-state index contributed by atoms with van der Waals surface area (Å²) in [6, 6.07) is 1.10. The van der Waals surface area contributed by atoms with Gasteiger partial charge >= 0.3 is 147 Å². The summed E-state index contributed by atoms with van der Waals surface area (Å²) in [4.78, 5) is 6.05. The van der Waals surface area contributed by atoms with E-state index in [0.29, 0.717) is 48.0 Å². The van der Waals surface area contributed by atoms with Crippen LogP contribution in [0.1, 0.15) is 13.8 Å². The Bertz CT molecular complexity index is 457. The van der Waals surface area contributed by atoms with Crippen LogP contribution in [0.15, 0.2) is 47.6 Å². The van der Waals surface area contributed by atoms with E-state index in [-0.39, 0.29) is 0 Å². The SMILES string of the molecule is CC(C1=CC=CC1[Se][Se]C1C=CC=C1C(C)N(C)C)N(C)C. The molecular formula is C18H28N2Se2. The number of rotatable bonds is 7. The molecule has 0 aromatic heterocycles. The van der Waals surface area contributed by atoms with Gasteiger partial charge in [0.25, 0.3) is 0 Å². The van der Waals surface area contributed by atoms with Crippen molar-refractivity contribution in [1.29, 1.82) is 0 Å². The van der Waals surface area contributed by atoms with Gasteiger partial charge in [-0.15, -0.1) is 0 Å². The van der Waals surface area contributed by atoms with Crippen LogP contribution in [-0.4, -0.2) is 76.3 Å². The zero-order chi connectivity index (χ0) is 16.3. The van der Waals surface area contributed by atoms with Crippen molar-refractivity contribution < 1.29 is 0 Å². The van der Waals surface area contributed by atoms with Gasteiger partial charge in [-0.3, -0.25) is 0 Å². The second-order valence-electron chi connectivity index (χ2n) is 6.42. The predicted molar refractivity (Wildman–Crippen MR) is 99.8 cm³/mol. The standard InChI is InChI=1S/C18H28N2Se2/c1-13(19(3)4)15-9-7-11-17(15)21-22-18-12-8-10-16(18)14(2)20(5)6/h7-14,17-18H,1-6H3. The Morgan fingerprint density at radius 1 is 0.773 bits per heavy atom. The van der Waals surface area contributed by atoms with Crippen molar-refractivity contribution in [1.82, 2.24) is 9.80 Å². The zero-order valence-corrected chi connectivity index (χ0v) is 17.9. The molecule has 4 unspecified atom stereocenters. The van der Waals surface area contributed by atoms with Crippen LogP contribution in [-0.2, 0) is 0 Å². The second kappa shape index (κ2) is 8.15. The van der Waals surface area contributed by atoms with Crippen LogP contribution in [0.4, 0.5) is 0 Å². The fourth-order valence-corrected chi connectivity index (χ4v) is 11.8. The molecule has 122 valence electrons. The summed E-state index contributed by atoms with van der Waals surface area (Å²) >= 11 is 1.36. The molecule has 0 radical (unpaired) electrons. The van der Waals surface area contributed by atoms with Crippen LogP contribution in [0.5, 0.6) is 0 Å². The van der Waals surface area contributed by atoms with Crippen molar-refractivity contribution in [3.05, 3.63) is 47.6 Å². The van der Waals surface area contributed by atoms with Gasteiger partial charge in [0.1, 0.15) is 0 Å². The van der Waals surface area contributed by atoms with Crippen molar-refractivity contribution in [3.63, 3.8) is 0 Å². The number of allylic oxidation sites excluding steroid dienone is 6. The molecule has 0 aromatic carbocycles. The zero-order valence-electron chi connectivity index (χ0n) is 14.5. The van der Waals surface area contributed by atoms with Gasteiger partial charge in [0, 0.05) is 0 Å². The molecule has 0 bridgehead atoms. The summed E-state index contributed by atoms with van der Waals surface area (Å²) in [5.41, 5.74) is 3.22. The van der Waals surface area contributed by atoms with Gasteiger partial charge in [0.05, 0.1) is 0 Å². The summed E-state index contributed by atoms with van der Waals surface area (Å²) in [5.74, 6) is 0. The maximum atomic E-state index is 2.43. The van der Waals surface area contributed by atoms with E-state index < -0.39 is 0 Å². The third-order valence-electron chi connectivity index (χ3n) is 4.58. The summed E-state index contributed by atoms with van der Waals surface area (Å²) in [6.07, 6.45) is 14.1. The fourth-order valence-electron chi connectivity index (χ4n) is 2.59. The average Bonchev–Trinajstić information content (AvgIpc) is 3.11. The number of hydrogen-bond acceptors (Lipinski definition) is 2. The normalized spacial score (nSPS) is 26.7. The summed E-state index contributed by atoms with van der Waals surface area (Å²) in [7, 11) is 8.72. The molecule has 4 heteroatoms. The molecule has 2 rings (SSSR count). The molecule has 0 aliphatic heterocycles. The van der Waals surface area contributed by atoms with Crippen LogP contribution < -0.4 is 0 Å². The Kier molecular flexibility index (Phi) is 6.76. The van der Waals surface area contributed by atoms with Gasteiger partial charge in [-0.2, -0.15) is 0 Å². The van der Waals surface area contributed by atoms with Crippen LogP contribution >= 0.6 is 0 Å². The van der Waals surface area contributed by atoms with E-state index in [2.05, 4.69) is 88.3 Å². The van der Waals surface area contributed by atoms with Crippen molar-refractivity contribution in [2.75, 3.05) is 28.2 Å². The van der Waals surface area contributed by atoms with E-state index in [0.717, 1.165) is 0 Å². The van der Waals surface area contributed by atoms with Crippen LogP contribution in [0, 0.1) is 0 Å². The Morgan fingerprint density at radius 2 is 1.14 bits per heavy atom. The first-order valence-corrected chi connectivity index (χ1v) is 14.1. The molecule has 0 aromatic rings. The maximum absolute atomic E-state index is 2.43. The van der Waals surface area contributed by atoms with E-state index in [4.69, 9.17) is 0 Å². The van der Waals surface area contributed by atoms with E-state index in [1.54, 1.807) is 11.1 Å². The van der Waals surface area contributed by atoms with Crippen LogP contribution in [0.25, 0.3) is 0 Å². The van der Waals surface area contributed by atoms with E-state index in [9.17, 15) is 0 Å². The van der Waals surface area contributed by atoms with E-state index in [1.165, 1.54) is 0 Å². The fraction of sp³-hybridized carbons (Fsp3) is 0.556. The molecule has 0 saturated carbocycles. The Morgan fingerprint density at radius 3 is 1.45 bits per heavy atom. The van der Waals surface area contributed by atoms with Gasteiger partial charge in [-0.1, -0.05) is 0 Å². The van der Waals surface area contributed by atoms with Gasteiger partial charge < -0.3 is 0 Å². The van der Waals surface area contributed by atoms with Crippen molar-refractivity contribution >= 4 is 26.3 Å². The van der Waals surface area contributed by atoms with Gasteiger partial charge in [0.15, 0.2) is 0 Å². The number of hydrogen-bond donors (Lipinski definition) is 0. The first-order valence-electron chi connectivity index (χ1n) is 7.83. The molecule has 0 N–H and O–H groups in total. The van der Waals surface area contributed by atoms with Crippen molar-refractivity contribution in [2.24, 2.45) is 0 Å². The molecule has 0 heterocycles. The Balaban J connectivity index is 1.93. The molecule has 0 saturated heterocycles. The molecule has 0 spiro atoms. The third kappa shape index (κ3) is 4.26. The number of likely N-dealkylation sites (N-methyl/N-ethyl adjacent to an activating group) is 2. The van der Waals surface area contributed by atoms with Crippen LogP contribution in [0.3, 0.4) is 0 Å². The van der Waals surface area contributed by atoms with Crippen LogP contribution in [0.2, 0.25) is 9.63 Å². The quantitative estimate of drug-likeness (QED) is 0.574. The molecule has 0 amide bonds. The molecule has 22 heavy (non-hydrogen) atoms.